The van der Waals surface area contributed by atoms with Crippen LogP contribution in [0.2, 0.25) is 0 Å². The van der Waals surface area contributed by atoms with E-state index in [1.165, 1.54) is 0 Å². The number of aliphatic imine (C=N–C) groups is 1. The van der Waals surface area contributed by atoms with Crippen LogP contribution in [0, 0.1) is 6.92 Å². The first-order valence-electron chi connectivity index (χ1n) is 5.75. The second-order valence-electron chi connectivity index (χ2n) is 4.48. The van der Waals surface area contributed by atoms with Crippen molar-refractivity contribution in [3.8, 4) is 0 Å². The van der Waals surface area contributed by atoms with Crippen molar-refractivity contribution in [2.45, 2.75) is 32.1 Å². The summed E-state index contributed by atoms with van der Waals surface area (Å²) in [6.07, 6.45) is 2.10. The Hall–Kier alpha value is -1.24. The van der Waals surface area contributed by atoms with Crippen molar-refractivity contribution >= 4 is 17.7 Å². The lowest BCUT2D eigenvalue weighted by Crippen LogP contribution is -2.43. The quantitative estimate of drug-likeness (QED) is 0.619. The minimum absolute atomic E-state index is 0.165. The van der Waals surface area contributed by atoms with Crippen molar-refractivity contribution in [3.63, 3.8) is 0 Å². The van der Waals surface area contributed by atoms with Crippen molar-refractivity contribution in [3.05, 3.63) is 11.7 Å². The molecule has 0 radical (unpaired) electrons. The number of rotatable bonds is 5. The highest BCUT2D eigenvalue weighted by Gasteiger charge is 2.16. The number of aryl methyl sites for hydroxylation is 1. The Morgan fingerprint density at radius 1 is 1.44 bits per heavy atom. The van der Waals surface area contributed by atoms with Gasteiger partial charge in [-0.2, -0.15) is 16.7 Å². The summed E-state index contributed by atoms with van der Waals surface area (Å²) in [6.45, 7) is 7.45. The second kappa shape index (κ2) is 6.63. The van der Waals surface area contributed by atoms with Crippen LogP contribution in [-0.4, -0.2) is 40.7 Å². The van der Waals surface area contributed by atoms with E-state index in [9.17, 15) is 0 Å². The van der Waals surface area contributed by atoms with Gasteiger partial charge < -0.3 is 15.2 Å². The van der Waals surface area contributed by atoms with Gasteiger partial charge in [-0.05, 0) is 27.0 Å². The maximum atomic E-state index is 5.02. The molecule has 1 heterocycles. The Bertz CT molecular complexity index is 402. The molecule has 0 aromatic carbocycles. The van der Waals surface area contributed by atoms with Crippen molar-refractivity contribution in [2.75, 3.05) is 19.8 Å². The molecule has 0 amide bonds. The van der Waals surface area contributed by atoms with Gasteiger partial charge in [0.05, 0.1) is 6.54 Å². The van der Waals surface area contributed by atoms with Crippen LogP contribution in [0.4, 0.5) is 0 Å². The van der Waals surface area contributed by atoms with E-state index in [4.69, 9.17) is 4.52 Å². The van der Waals surface area contributed by atoms with Gasteiger partial charge in [-0.3, -0.25) is 4.99 Å². The van der Waals surface area contributed by atoms with Gasteiger partial charge in [-0.15, -0.1) is 0 Å². The Morgan fingerprint density at radius 3 is 2.67 bits per heavy atom. The summed E-state index contributed by atoms with van der Waals surface area (Å²) in [7, 11) is 1.74. The molecule has 7 heteroatoms. The van der Waals surface area contributed by atoms with Gasteiger partial charge in [0.25, 0.3) is 0 Å². The molecule has 0 saturated heterocycles. The normalized spacial score (nSPS) is 12.6. The molecule has 0 fully saturated rings. The van der Waals surface area contributed by atoms with Crippen LogP contribution >= 0.6 is 11.8 Å². The highest BCUT2D eigenvalue weighted by atomic mass is 32.2. The van der Waals surface area contributed by atoms with Gasteiger partial charge in [0, 0.05) is 18.3 Å². The summed E-state index contributed by atoms with van der Waals surface area (Å²) in [6, 6.07) is 0. The van der Waals surface area contributed by atoms with Crippen LogP contribution in [0.3, 0.4) is 0 Å². The molecule has 1 aromatic rings. The molecular formula is C11H21N5OS. The van der Waals surface area contributed by atoms with E-state index in [2.05, 4.69) is 45.9 Å². The zero-order valence-corrected chi connectivity index (χ0v) is 12.4. The van der Waals surface area contributed by atoms with E-state index >= 15 is 0 Å². The van der Waals surface area contributed by atoms with Gasteiger partial charge >= 0.3 is 0 Å². The molecule has 1 aromatic heterocycles. The molecular weight excluding hydrogens is 250 g/mol. The number of hydrogen-bond acceptors (Lipinski definition) is 5. The smallest absolute Gasteiger partial charge is 0.246 e. The molecule has 0 spiro atoms. The number of hydrogen-bond donors (Lipinski definition) is 2. The molecule has 0 aliphatic rings. The van der Waals surface area contributed by atoms with Crippen molar-refractivity contribution in [2.24, 2.45) is 4.99 Å². The van der Waals surface area contributed by atoms with Crippen molar-refractivity contribution in [1.82, 2.24) is 20.8 Å². The van der Waals surface area contributed by atoms with Crippen LogP contribution in [0.25, 0.3) is 0 Å². The van der Waals surface area contributed by atoms with Crippen molar-refractivity contribution < 1.29 is 4.52 Å². The second-order valence-corrected chi connectivity index (χ2v) is 5.99. The molecule has 1 rings (SSSR count). The number of guanidine groups is 1. The molecule has 0 aliphatic carbocycles. The fourth-order valence-corrected chi connectivity index (χ4v) is 1.38. The standard InChI is InChI=1S/C11H21N5OS/c1-8-15-9(17-16-8)6-13-10(12-4)14-7-11(2,3)18-5/h6-7H2,1-5H3,(H2,12,13,14). The fourth-order valence-electron chi connectivity index (χ4n) is 1.16. The van der Waals surface area contributed by atoms with E-state index in [0.29, 0.717) is 18.3 Å². The van der Waals surface area contributed by atoms with Crippen LogP contribution in [0.1, 0.15) is 25.6 Å². The number of aromatic nitrogens is 2. The van der Waals surface area contributed by atoms with Crippen LogP contribution in [0.5, 0.6) is 0 Å². The number of nitrogens with one attached hydrogen (secondary N) is 2. The summed E-state index contributed by atoms with van der Waals surface area (Å²) in [5, 5.41) is 10.1. The Morgan fingerprint density at radius 2 is 2.17 bits per heavy atom. The zero-order chi connectivity index (χ0) is 13.6. The van der Waals surface area contributed by atoms with Gasteiger partial charge in [-0.1, -0.05) is 5.16 Å². The fraction of sp³-hybridized carbons (Fsp3) is 0.727. The van der Waals surface area contributed by atoms with E-state index in [1.54, 1.807) is 14.0 Å². The molecule has 102 valence electrons. The lowest BCUT2D eigenvalue weighted by Gasteiger charge is -2.23. The van der Waals surface area contributed by atoms with E-state index in [0.717, 1.165) is 12.5 Å². The first-order chi connectivity index (χ1) is 8.46. The van der Waals surface area contributed by atoms with Crippen LogP contribution in [-0.2, 0) is 6.54 Å². The van der Waals surface area contributed by atoms with Crippen LogP contribution in [0.15, 0.2) is 9.52 Å². The van der Waals surface area contributed by atoms with E-state index in [-0.39, 0.29) is 4.75 Å². The van der Waals surface area contributed by atoms with Crippen LogP contribution < -0.4 is 10.6 Å². The lowest BCUT2D eigenvalue weighted by atomic mass is 10.2. The molecule has 2 N–H and O–H groups in total. The minimum Gasteiger partial charge on any atom is -0.355 e. The average Bonchev–Trinajstić information content (AvgIpc) is 2.75. The molecule has 0 aliphatic heterocycles. The molecule has 0 unspecified atom stereocenters. The minimum atomic E-state index is 0.165. The third-order valence-electron chi connectivity index (χ3n) is 2.43. The van der Waals surface area contributed by atoms with Gasteiger partial charge in [0.1, 0.15) is 0 Å². The Labute approximate surface area is 112 Å². The average molecular weight is 271 g/mol. The number of thioether (sulfide) groups is 1. The monoisotopic (exact) mass is 271 g/mol. The van der Waals surface area contributed by atoms with E-state index < -0.39 is 0 Å². The summed E-state index contributed by atoms with van der Waals surface area (Å²) in [4.78, 5) is 8.26. The largest absolute Gasteiger partial charge is 0.355 e. The van der Waals surface area contributed by atoms with E-state index in [1.807, 2.05) is 11.8 Å². The van der Waals surface area contributed by atoms with Gasteiger partial charge in [0.15, 0.2) is 11.8 Å². The number of nitrogens with zero attached hydrogens (tertiary/aromatic N) is 3. The predicted octanol–water partition coefficient (Wildman–Crippen LogP) is 1.18. The lowest BCUT2D eigenvalue weighted by molar-refractivity contribution is 0.371. The third-order valence-corrected chi connectivity index (χ3v) is 3.68. The Kier molecular flexibility index (Phi) is 5.46. The Balaban J connectivity index is 2.39. The molecule has 18 heavy (non-hydrogen) atoms. The van der Waals surface area contributed by atoms with Crippen molar-refractivity contribution in [1.29, 1.82) is 0 Å². The molecule has 0 atom stereocenters. The topological polar surface area (TPSA) is 75.3 Å². The first-order valence-corrected chi connectivity index (χ1v) is 6.98. The summed E-state index contributed by atoms with van der Waals surface area (Å²) in [5.74, 6) is 1.92. The van der Waals surface area contributed by atoms with Gasteiger partial charge in [-0.25, -0.2) is 0 Å². The zero-order valence-electron chi connectivity index (χ0n) is 11.6. The summed E-state index contributed by atoms with van der Waals surface area (Å²) < 4.78 is 5.18. The van der Waals surface area contributed by atoms with Gasteiger partial charge in [0.2, 0.25) is 5.89 Å². The first kappa shape index (κ1) is 14.8. The maximum Gasteiger partial charge on any atom is 0.246 e. The predicted molar refractivity (Wildman–Crippen MR) is 74.8 cm³/mol. The molecule has 0 bridgehead atoms. The summed E-state index contributed by atoms with van der Waals surface area (Å²) in [5.41, 5.74) is 0. The molecule has 0 saturated carbocycles. The SMILES string of the molecule is CN=C(NCc1nc(C)no1)NCC(C)(C)SC. The molecule has 6 nitrogen and oxygen atoms in total. The maximum absolute atomic E-state index is 5.02. The highest BCUT2D eigenvalue weighted by Crippen LogP contribution is 2.19. The summed E-state index contributed by atoms with van der Waals surface area (Å²) >= 11 is 1.81. The highest BCUT2D eigenvalue weighted by molar-refractivity contribution is 7.99. The third kappa shape index (κ3) is 4.95.